The second kappa shape index (κ2) is 9.38. The fourth-order valence-electron chi connectivity index (χ4n) is 6.58. The van der Waals surface area contributed by atoms with E-state index in [9.17, 15) is 4.79 Å². The van der Waals surface area contributed by atoms with Crippen LogP contribution in [-0.4, -0.2) is 60.5 Å². The van der Waals surface area contributed by atoms with Crippen molar-refractivity contribution in [1.29, 1.82) is 0 Å². The number of nitrogens with one attached hydrogen (secondary N) is 3. The summed E-state index contributed by atoms with van der Waals surface area (Å²) in [6.07, 6.45) is 10.7. The van der Waals surface area contributed by atoms with Gasteiger partial charge in [0.05, 0.1) is 0 Å². The molecule has 5 aliphatic rings. The fourth-order valence-corrected chi connectivity index (χ4v) is 6.86. The summed E-state index contributed by atoms with van der Waals surface area (Å²) in [4.78, 5) is 15.0. The van der Waals surface area contributed by atoms with Gasteiger partial charge in [0.15, 0.2) is 5.11 Å². The summed E-state index contributed by atoms with van der Waals surface area (Å²) in [6, 6.07) is 0.308. The summed E-state index contributed by atoms with van der Waals surface area (Å²) in [5, 5.41) is 10.9. The number of likely N-dealkylation sites (tertiary alicyclic amines) is 1. The molecule has 4 bridgehead atoms. The van der Waals surface area contributed by atoms with Crippen LogP contribution < -0.4 is 16.0 Å². The third kappa shape index (κ3) is 5.35. The fraction of sp³-hybridized carbons (Fsp3) is 0.909. The molecule has 0 aromatic carbocycles. The Hall–Kier alpha value is -1.08. The number of thiocarbonyl (C=S) groups is 1. The highest BCUT2D eigenvalue weighted by molar-refractivity contribution is 7.80. The standard InChI is InChI=1S/C22H38N4O2S/c1-2-28-9-3-6-23-21(29)26-7-4-19(5-8-26)24-20(27)25-22-13-16-10-17(14-22)12-18(11-16)15-22/h16-19H,2-15H2,1H3,(H,23,29)(H2,24,25,27). The maximum absolute atomic E-state index is 12.8. The first-order valence-corrected chi connectivity index (χ1v) is 12.2. The van der Waals surface area contributed by atoms with Crippen molar-refractivity contribution in [1.82, 2.24) is 20.9 Å². The van der Waals surface area contributed by atoms with Gasteiger partial charge in [-0.3, -0.25) is 0 Å². The van der Waals surface area contributed by atoms with E-state index in [1.54, 1.807) is 0 Å². The molecule has 1 saturated heterocycles. The van der Waals surface area contributed by atoms with Crippen LogP contribution in [-0.2, 0) is 4.74 Å². The number of hydrogen-bond acceptors (Lipinski definition) is 3. The van der Waals surface area contributed by atoms with Gasteiger partial charge in [-0.2, -0.15) is 0 Å². The number of urea groups is 1. The zero-order valence-electron chi connectivity index (χ0n) is 17.9. The molecule has 5 rings (SSSR count). The number of carbonyl (C=O) groups is 1. The second-order valence-corrected chi connectivity index (χ2v) is 10.2. The summed E-state index contributed by atoms with van der Waals surface area (Å²) in [5.41, 5.74) is 0.0898. The van der Waals surface area contributed by atoms with Crippen LogP contribution in [0.1, 0.15) is 64.7 Å². The highest BCUT2D eigenvalue weighted by atomic mass is 32.1. The van der Waals surface area contributed by atoms with E-state index in [0.717, 1.165) is 75.0 Å². The van der Waals surface area contributed by atoms with Gasteiger partial charge in [-0.05, 0) is 94.7 Å². The molecule has 6 nitrogen and oxygen atoms in total. The van der Waals surface area contributed by atoms with E-state index in [0.29, 0.717) is 0 Å². The van der Waals surface area contributed by atoms with Crippen LogP contribution >= 0.6 is 12.2 Å². The Bertz CT molecular complexity index is 556. The highest BCUT2D eigenvalue weighted by Crippen LogP contribution is 2.55. The maximum atomic E-state index is 12.8. The van der Waals surface area contributed by atoms with Gasteiger partial charge < -0.3 is 25.6 Å². The smallest absolute Gasteiger partial charge is 0.315 e. The third-order valence-corrected chi connectivity index (χ3v) is 7.88. The van der Waals surface area contributed by atoms with E-state index in [1.807, 2.05) is 6.92 Å². The first kappa shape index (κ1) is 21.2. The molecule has 7 heteroatoms. The summed E-state index contributed by atoms with van der Waals surface area (Å²) >= 11 is 5.52. The van der Waals surface area contributed by atoms with Crippen molar-refractivity contribution in [2.75, 3.05) is 32.8 Å². The summed E-state index contributed by atoms with van der Waals surface area (Å²) < 4.78 is 5.36. The molecular weight excluding hydrogens is 384 g/mol. The molecule has 29 heavy (non-hydrogen) atoms. The molecule has 0 radical (unpaired) electrons. The summed E-state index contributed by atoms with van der Waals surface area (Å²) in [6.45, 7) is 6.21. The van der Waals surface area contributed by atoms with Crippen LogP contribution in [0.15, 0.2) is 0 Å². The van der Waals surface area contributed by atoms with E-state index in [-0.39, 0.29) is 17.6 Å². The SMILES string of the molecule is CCOCCCNC(=S)N1CCC(NC(=O)NC23CC4CC(CC(C4)C2)C3)CC1. The van der Waals surface area contributed by atoms with E-state index in [2.05, 4.69) is 20.9 Å². The number of hydrogen-bond donors (Lipinski definition) is 3. The van der Waals surface area contributed by atoms with Crippen LogP contribution in [0.25, 0.3) is 0 Å². The van der Waals surface area contributed by atoms with Crippen LogP contribution in [0.3, 0.4) is 0 Å². The first-order chi connectivity index (χ1) is 14.0. The molecule has 1 heterocycles. The Kier molecular flexibility index (Phi) is 6.84. The lowest BCUT2D eigenvalue weighted by atomic mass is 9.53. The van der Waals surface area contributed by atoms with Gasteiger partial charge in [-0.1, -0.05) is 0 Å². The summed E-state index contributed by atoms with van der Waals surface area (Å²) in [5.74, 6) is 2.56. The molecule has 0 atom stereocenters. The molecule has 4 saturated carbocycles. The monoisotopic (exact) mass is 422 g/mol. The van der Waals surface area contributed by atoms with Crippen LogP contribution in [0.4, 0.5) is 4.79 Å². The normalized spacial score (nSPS) is 33.6. The molecular formula is C22H38N4O2S. The van der Waals surface area contributed by atoms with Crippen molar-refractivity contribution < 1.29 is 9.53 Å². The lowest BCUT2D eigenvalue weighted by molar-refractivity contribution is -0.0137. The van der Waals surface area contributed by atoms with E-state index >= 15 is 0 Å². The molecule has 5 fully saturated rings. The van der Waals surface area contributed by atoms with Crippen LogP contribution in [0, 0.1) is 17.8 Å². The third-order valence-electron chi connectivity index (χ3n) is 7.48. The molecule has 164 valence electrons. The molecule has 4 aliphatic carbocycles. The van der Waals surface area contributed by atoms with Gasteiger partial charge in [-0.25, -0.2) is 4.79 Å². The van der Waals surface area contributed by atoms with Gasteiger partial charge in [-0.15, -0.1) is 0 Å². The Morgan fingerprint density at radius 3 is 2.31 bits per heavy atom. The molecule has 0 aromatic heterocycles. The average molecular weight is 423 g/mol. The van der Waals surface area contributed by atoms with Gasteiger partial charge in [0, 0.05) is 44.4 Å². The molecule has 3 N–H and O–H groups in total. The molecule has 2 amide bonds. The maximum Gasteiger partial charge on any atom is 0.315 e. The van der Waals surface area contributed by atoms with Crippen molar-refractivity contribution in [2.45, 2.75) is 76.3 Å². The van der Waals surface area contributed by atoms with Gasteiger partial charge in [0.25, 0.3) is 0 Å². The molecule has 1 aliphatic heterocycles. The van der Waals surface area contributed by atoms with Gasteiger partial charge >= 0.3 is 6.03 Å². The van der Waals surface area contributed by atoms with Gasteiger partial charge in [0.2, 0.25) is 0 Å². The lowest BCUT2D eigenvalue weighted by Crippen LogP contribution is -2.62. The summed E-state index contributed by atoms with van der Waals surface area (Å²) in [7, 11) is 0. The predicted octanol–water partition coefficient (Wildman–Crippen LogP) is 3.02. The number of amides is 2. The Balaban J connectivity index is 1.15. The van der Waals surface area contributed by atoms with Crippen LogP contribution in [0.5, 0.6) is 0 Å². The van der Waals surface area contributed by atoms with Crippen molar-refractivity contribution >= 4 is 23.4 Å². The van der Waals surface area contributed by atoms with Crippen molar-refractivity contribution in [3.63, 3.8) is 0 Å². The molecule has 0 spiro atoms. The molecule has 0 unspecified atom stereocenters. The minimum atomic E-state index is 0.0574. The highest BCUT2D eigenvalue weighted by Gasteiger charge is 2.51. The zero-order chi connectivity index (χ0) is 20.3. The van der Waals surface area contributed by atoms with E-state index in [1.165, 1.54) is 38.5 Å². The van der Waals surface area contributed by atoms with Gasteiger partial charge in [0.1, 0.15) is 0 Å². The second-order valence-electron chi connectivity index (χ2n) is 9.84. The largest absolute Gasteiger partial charge is 0.382 e. The molecule has 0 aromatic rings. The first-order valence-electron chi connectivity index (χ1n) is 11.7. The van der Waals surface area contributed by atoms with E-state index in [4.69, 9.17) is 17.0 Å². The van der Waals surface area contributed by atoms with E-state index < -0.39 is 0 Å². The van der Waals surface area contributed by atoms with Crippen molar-refractivity contribution in [3.8, 4) is 0 Å². The number of nitrogens with zero attached hydrogens (tertiary/aromatic N) is 1. The van der Waals surface area contributed by atoms with Crippen molar-refractivity contribution in [2.24, 2.45) is 17.8 Å². The zero-order valence-corrected chi connectivity index (χ0v) is 18.7. The Labute approximate surface area is 180 Å². The topological polar surface area (TPSA) is 65.6 Å². The average Bonchev–Trinajstić information content (AvgIpc) is 2.66. The lowest BCUT2D eigenvalue weighted by Gasteiger charge is -2.56. The Morgan fingerprint density at radius 2 is 1.72 bits per heavy atom. The quantitative estimate of drug-likeness (QED) is 0.435. The number of carbonyl (C=O) groups excluding carboxylic acids is 1. The van der Waals surface area contributed by atoms with Crippen LogP contribution in [0.2, 0.25) is 0 Å². The number of piperidine rings is 1. The minimum absolute atomic E-state index is 0.0574. The number of rotatable bonds is 7. The van der Waals surface area contributed by atoms with Crippen molar-refractivity contribution in [3.05, 3.63) is 0 Å². The Morgan fingerprint density at radius 1 is 1.10 bits per heavy atom. The predicted molar refractivity (Wildman–Crippen MR) is 119 cm³/mol. The number of ether oxygens (including phenoxy) is 1. The minimum Gasteiger partial charge on any atom is -0.382 e.